The predicted molar refractivity (Wildman–Crippen MR) is 112 cm³/mol. The summed E-state index contributed by atoms with van der Waals surface area (Å²) in [4.78, 5) is 0.802. The summed E-state index contributed by atoms with van der Waals surface area (Å²) in [7, 11) is 6.72. The topological polar surface area (TPSA) is 83.6 Å². The third-order valence-corrected chi connectivity index (χ3v) is 5.35. The van der Waals surface area contributed by atoms with Crippen LogP contribution in [0.5, 0.6) is 17.2 Å². The molecule has 0 saturated carbocycles. The molecule has 0 atom stereocenters. The van der Waals surface area contributed by atoms with Gasteiger partial charge in [-0.15, -0.1) is 0 Å². The lowest BCUT2D eigenvalue weighted by atomic mass is 10.1. The maximum atomic E-state index is 5.68. The summed E-state index contributed by atoms with van der Waals surface area (Å²) < 4.78 is 27.1. The number of anilines is 1. The minimum atomic E-state index is 0.542. The molecular formula is C20H20N4O4S. The SMILES string of the molecule is COc1cccc(OC)c1SNc1noc2c(-c3cnn(C)c3)ccc(OC)c12. The van der Waals surface area contributed by atoms with E-state index in [4.69, 9.17) is 18.7 Å². The zero-order valence-electron chi connectivity index (χ0n) is 16.4. The number of benzene rings is 2. The van der Waals surface area contributed by atoms with Gasteiger partial charge in [0.2, 0.25) is 0 Å². The Labute approximate surface area is 171 Å². The van der Waals surface area contributed by atoms with E-state index in [1.807, 2.05) is 43.6 Å². The highest BCUT2D eigenvalue weighted by Crippen LogP contribution is 2.42. The Morgan fingerprint density at radius 2 is 1.72 bits per heavy atom. The van der Waals surface area contributed by atoms with Crippen molar-refractivity contribution in [2.75, 3.05) is 26.1 Å². The van der Waals surface area contributed by atoms with Gasteiger partial charge in [0.25, 0.3) is 0 Å². The third kappa shape index (κ3) is 3.44. The summed E-state index contributed by atoms with van der Waals surface area (Å²) in [5.74, 6) is 2.58. The lowest BCUT2D eigenvalue weighted by molar-refractivity contribution is 0.376. The van der Waals surface area contributed by atoms with Crippen LogP contribution in [0, 0.1) is 0 Å². The Bertz CT molecular complexity index is 1130. The van der Waals surface area contributed by atoms with Crippen LogP contribution < -0.4 is 18.9 Å². The van der Waals surface area contributed by atoms with Crippen LogP contribution in [0.1, 0.15) is 0 Å². The Morgan fingerprint density at radius 1 is 1.00 bits per heavy atom. The molecule has 0 fully saturated rings. The molecule has 0 aliphatic carbocycles. The van der Waals surface area contributed by atoms with Crippen LogP contribution >= 0.6 is 11.9 Å². The summed E-state index contributed by atoms with van der Waals surface area (Å²) in [6, 6.07) is 9.43. The van der Waals surface area contributed by atoms with E-state index < -0.39 is 0 Å². The van der Waals surface area contributed by atoms with Gasteiger partial charge in [-0.2, -0.15) is 5.10 Å². The number of aryl methyl sites for hydroxylation is 1. The Morgan fingerprint density at radius 3 is 2.34 bits per heavy atom. The summed E-state index contributed by atoms with van der Waals surface area (Å²) in [5, 5.41) is 9.21. The van der Waals surface area contributed by atoms with Crippen LogP contribution in [-0.2, 0) is 7.05 Å². The molecule has 2 aromatic carbocycles. The Kier molecular flexibility index (Phi) is 5.22. The van der Waals surface area contributed by atoms with E-state index in [1.165, 1.54) is 11.9 Å². The number of hydrogen-bond donors (Lipinski definition) is 1. The lowest BCUT2D eigenvalue weighted by Gasteiger charge is -2.12. The quantitative estimate of drug-likeness (QED) is 0.448. The normalized spacial score (nSPS) is 10.9. The smallest absolute Gasteiger partial charge is 0.191 e. The fraction of sp³-hybridized carbons (Fsp3) is 0.200. The molecule has 0 amide bonds. The van der Waals surface area contributed by atoms with Crippen LogP contribution in [0.2, 0.25) is 0 Å². The van der Waals surface area contributed by atoms with Crippen molar-refractivity contribution in [3.05, 3.63) is 42.7 Å². The van der Waals surface area contributed by atoms with E-state index in [0.717, 1.165) is 21.4 Å². The van der Waals surface area contributed by atoms with Gasteiger partial charge in [0, 0.05) is 24.4 Å². The fourth-order valence-corrected chi connectivity index (χ4v) is 3.91. The van der Waals surface area contributed by atoms with Crippen molar-refractivity contribution in [3.63, 3.8) is 0 Å². The molecule has 9 heteroatoms. The van der Waals surface area contributed by atoms with E-state index in [2.05, 4.69) is 15.0 Å². The van der Waals surface area contributed by atoms with Gasteiger partial charge in [-0.1, -0.05) is 11.2 Å². The molecule has 2 heterocycles. The summed E-state index contributed by atoms with van der Waals surface area (Å²) >= 11 is 1.33. The van der Waals surface area contributed by atoms with Crippen molar-refractivity contribution >= 4 is 28.7 Å². The first-order chi connectivity index (χ1) is 14.2. The Hall–Kier alpha value is -3.33. The number of nitrogens with zero attached hydrogens (tertiary/aromatic N) is 3. The molecule has 4 aromatic rings. The molecule has 4 rings (SSSR count). The second kappa shape index (κ2) is 7.96. The fourth-order valence-electron chi connectivity index (χ4n) is 3.07. The Balaban J connectivity index is 1.74. The van der Waals surface area contributed by atoms with E-state index in [1.54, 1.807) is 32.2 Å². The molecule has 0 saturated heterocycles. The molecule has 1 N–H and O–H groups in total. The molecule has 0 aliphatic rings. The van der Waals surface area contributed by atoms with Crippen molar-refractivity contribution in [1.82, 2.24) is 14.9 Å². The molecule has 2 aromatic heterocycles. The van der Waals surface area contributed by atoms with Crippen LogP contribution in [-0.4, -0.2) is 36.3 Å². The minimum Gasteiger partial charge on any atom is -0.496 e. The van der Waals surface area contributed by atoms with Gasteiger partial charge in [-0.3, -0.25) is 4.68 Å². The largest absolute Gasteiger partial charge is 0.496 e. The van der Waals surface area contributed by atoms with Gasteiger partial charge < -0.3 is 23.5 Å². The average molecular weight is 412 g/mol. The second-order valence-electron chi connectivity index (χ2n) is 6.15. The zero-order chi connectivity index (χ0) is 20.4. The highest BCUT2D eigenvalue weighted by Gasteiger charge is 2.20. The maximum absolute atomic E-state index is 5.68. The highest BCUT2D eigenvalue weighted by atomic mass is 32.2. The van der Waals surface area contributed by atoms with Crippen LogP contribution in [0.3, 0.4) is 0 Å². The molecule has 0 radical (unpaired) electrons. The number of hydrogen-bond acceptors (Lipinski definition) is 8. The van der Waals surface area contributed by atoms with E-state index >= 15 is 0 Å². The molecule has 0 unspecified atom stereocenters. The number of nitrogens with one attached hydrogen (secondary N) is 1. The maximum Gasteiger partial charge on any atom is 0.191 e. The van der Waals surface area contributed by atoms with Crippen molar-refractivity contribution in [3.8, 4) is 28.4 Å². The number of ether oxygens (including phenoxy) is 3. The van der Waals surface area contributed by atoms with Gasteiger partial charge in [0.1, 0.15) is 27.5 Å². The van der Waals surface area contributed by atoms with E-state index in [-0.39, 0.29) is 0 Å². The van der Waals surface area contributed by atoms with E-state index in [0.29, 0.717) is 28.6 Å². The van der Waals surface area contributed by atoms with Crippen molar-refractivity contribution < 1.29 is 18.7 Å². The molecule has 150 valence electrons. The predicted octanol–water partition coefficient (Wildman–Crippen LogP) is 4.37. The number of methoxy groups -OCH3 is 3. The van der Waals surface area contributed by atoms with Crippen LogP contribution in [0.25, 0.3) is 22.1 Å². The zero-order valence-corrected chi connectivity index (χ0v) is 17.2. The van der Waals surface area contributed by atoms with E-state index in [9.17, 15) is 0 Å². The summed E-state index contributed by atoms with van der Waals surface area (Å²) in [5.41, 5.74) is 2.43. The molecule has 0 spiro atoms. The van der Waals surface area contributed by atoms with Crippen molar-refractivity contribution in [2.45, 2.75) is 4.90 Å². The van der Waals surface area contributed by atoms with Crippen LogP contribution in [0.4, 0.5) is 5.82 Å². The molecule has 29 heavy (non-hydrogen) atoms. The second-order valence-corrected chi connectivity index (χ2v) is 6.97. The number of rotatable bonds is 7. The van der Waals surface area contributed by atoms with Gasteiger partial charge >= 0.3 is 0 Å². The summed E-state index contributed by atoms with van der Waals surface area (Å²) in [6.45, 7) is 0. The molecular weight excluding hydrogens is 392 g/mol. The first-order valence-corrected chi connectivity index (χ1v) is 9.57. The van der Waals surface area contributed by atoms with Gasteiger partial charge in [0.15, 0.2) is 11.4 Å². The molecule has 8 nitrogen and oxygen atoms in total. The highest BCUT2D eigenvalue weighted by molar-refractivity contribution is 8.00. The van der Waals surface area contributed by atoms with Gasteiger partial charge in [-0.05, 0) is 36.2 Å². The molecule has 0 aliphatic heterocycles. The average Bonchev–Trinajstić information content (AvgIpc) is 3.37. The summed E-state index contributed by atoms with van der Waals surface area (Å²) in [6.07, 6.45) is 3.70. The van der Waals surface area contributed by atoms with Gasteiger partial charge in [0.05, 0.1) is 27.5 Å². The van der Waals surface area contributed by atoms with Crippen molar-refractivity contribution in [2.24, 2.45) is 7.05 Å². The first-order valence-electron chi connectivity index (χ1n) is 8.75. The first kappa shape index (κ1) is 19.0. The standard InChI is InChI=1S/C20H20N4O4S/c1-24-11-12(10-21-24)13-8-9-14(25-2)17-18(13)28-22-20(17)23-29-19-15(26-3)6-5-7-16(19)27-4/h5-11H,1-4H3,(H,22,23). The lowest BCUT2D eigenvalue weighted by Crippen LogP contribution is -1.95. The van der Waals surface area contributed by atoms with Crippen LogP contribution in [0.15, 0.2) is 52.1 Å². The van der Waals surface area contributed by atoms with Crippen molar-refractivity contribution in [1.29, 1.82) is 0 Å². The number of fused-ring (bicyclic) bond motifs is 1. The third-order valence-electron chi connectivity index (χ3n) is 4.45. The number of aromatic nitrogens is 3. The van der Waals surface area contributed by atoms with Gasteiger partial charge in [-0.25, -0.2) is 0 Å². The minimum absolute atomic E-state index is 0.542. The monoisotopic (exact) mass is 412 g/mol. The molecule has 0 bridgehead atoms.